The van der Waals surface area contributed by atoms with Crippen molar-refractivity contribution in [2.24, 2.45) is 5.92 Å². The van der Waals surface area contributed by atoms with E-state index < -0.39 is 97.5 Å². The van der Waals surface area contributed by atoms with Gasteiger partial charge in [0.25, 0.3) is 0 Å². The molecule has 0 saturated heterocycles. The SMILES string of the molecule is CCCCCCCCCCCCCCCCCC(=O)OC[C@H](COP(=O)(O)OC[C@@H](O)COP(=O)(O)OC[C@@H](COC(=O)CCCCCCCCC(C)C)OC(=O)CCCCCCCCCCCCCCCC)OC(=O)CCCCCCCCCCCCCCCCC. The number of phosphoric ester groups is 2. The van der Waals surface area contributed by atoms with E-state index in [0.717, 1.165) is 96.3 Å². The molecular weight excluding hydrogens is 1220 g/mol. The lowest BCUT2D eigenvalue weighted by Gasteiger charge is -2.21. The molecule has 0 aliphatic carbocycles. The number of phosphoric acid groups is 2. The Morgan fingerprint density at radius 1 is 0.290 bits per heavy atom. The normalized spacial score (nSPS) is 14.0. The smallest absolute Gasteiger partial charge is 0.462 e. The highest BCUT2D eigenvalue weighted by molar-refractivity contribution is 7.47. The zero-order valence-corrected chi connectivity index (χ0v) is 62.2. The first-order valence-electron chi connectivity index (χ1n) is 38.6. The van der Waals surface area contributed by atoms with Crippen LogP contribution in [0.2, 0.25) is 0 Å². The summed E-state index contributed by atoms with van der Waals surface area (Å²) in [5.74, 6) is -1.44. The van der Waals surface area contributed by atoms with Gasteiger partial charge in [0, 0.05) is 25.7 Å². The fraction of sp³-hybridized carbons (Fsp3) is 0.946. The van der Waals surface area contributed by atoms with Crippen LogP contribution < -0.4 is 0 Å². The Labute approximate surface area is 568 Å². The van der Waals surface area contributed by atoms with Crippen LogP contribution in [0.4, 0.5) is 0 Å². The third kappa shape index (κ3) is 68.4. The van der Waals surface area contributed by atoms with Crippen molar-refractivity contribution in [3.8, 4) is 0 Å². The Morgan fingerprint density at radius 3 is 0.731 bits per heavy atom. The topological polar surface area (TPSA) is 237 Å². The second-order valence-corrected chi connectivity index (χ2v) is 30.1. The minimum atomic E-state index is -4.95. The van der Waals surface area contributed by atoms with Crippen LogP contribution in [0.3, 0.4) is 0 Å². The fourth-order valence-electron chi connectivity index (χ4n) is 11.4. The molecule has 0 aromatic rings. The van der Waals surface area contributed by atoms with Crippen molar-refractivity contribution in [1.82, 2.24) is 0 Å². The average Bonchev–Trinajstić information content (AvgIpc) is 3.32. The molecule has 0 spiro atoms. The van der Waals surface area contributed by atoms with E-state index in [1.165, 1.54) is 205 Å². The molecule has 0 fully saturated rings. The van der Waals surface area contributed by atoms with Crippen LogP contribution in [0.5, 0.6) is 0 Å². The molecule has 0 rings (SSSR count). The van der Waals surface area contributed by atoms with Gasteiger partial charge in [-0.15, -0.1) is 0 Å². The van der Waals surface area contributed by atoms with Gasteiger partial charge in [-0.2, -0.15) is 0 Å². The number of rotatable bonds is 74. The first-order chi connectivity index (χ1) is 45.0. The maximum Gasteiger partial charge on any atom is 0.472 e. The molecule has 93 heavy (non-hydrogen) atoms. The minimum absolute atomic E-state index is 0.107. The second kappa shape index (κ2) is 67.3. The van der Waals surface area contributed by atoms with E-state index in [2.05, 4.69) is 34.6 Å². The van der Waals surface area contributed by atoms with Crippen LogP contribution in [0.25, 0.3) is 0 Å². The Hall–Kier alpha value is -1.94. The summed E-state index contributed by atoms with van der Waals surface area (Å²) >= 11 is 0. The Balaban J connectivity index is 5.24. The summed E-state index contributed by atoms with van der Waals surface area (Å²) < 4.78 is 68.4. The van der Waals surface area contributed by atoms with Gasteiger partial charge in [-0.25, -0.2) is 9.13 Å². The van der Waals surface area contributed by atoms with Gasteiger partial charge < -0.3 is 33.8 Å². The van der Waals surface area contributed by atoms with Crippen LogP contribution in [-0.4, -0.2) is 96.7 Å². The largest absolute Gasteiger partial charge is 0.472 e. The number of unbranched alkanes of at least 4 members (excludes halogenated alkanes) is 46. The molecule has 19 heteroatoms. The second-order valence-electron chi connectivity index (χ2n) is 27.2. The van der Waals surface area contributed by atoms with Gasteiger partial charge in [0.1, 0.15) is 19.3 Å². The first kappa shape index (κ1) is 91.1. The summed E-state index contributed by atoms with van der Waals surface area (Å²) in [4.78, 5) is 72.7. The predicted molar refractivity (Wildman–Crippen MR) is 377 cm³/mol. The summed E-state index contributed by atoms with van der Waals surface area (Å²) in [5.41, 5.74) is 0. The fourth-order valence-corrected chi connectivity index (χ4v) is 12.9. The van der Waals surface area contributed by atoms with Gasteiger partial charge >= 0.3 is 39.5 Å². The highest BCUT2D eigenvalue weighted by Crippen LogP contribution is 2.45. The monoisotopic (exact) mass is 1370 g/mol. The van der Waals surface area contributed by atoms with E-state index in [-0.39, 0.29) is 25.7 Å². The van der Waals surface area contributed by atoms with Crippen LogP contribution in [0.1, 0.15) is 388 Å². The van der Waals surface area contributed by atoms with E-state index in [9.17, 15) is 43.2 Å². The van der Waals surface area contributed by atoms with Crippen molar-refractivity contribution >= 4 is 39.5 Å². The molecule has 0 amide bonds. The molecule has 0 heterocycles. The Morgan fingerprint density at radius 2 is 0.495 bits per heavy atom. The van der Waals surface area contributed by atoms with Crippen molar-refractivity contribution in [2.75, 3.05) is 39.6 Å². The third-order valence-electron chi connectivity index (χ3n) is 17.3. The highest BCUT2D eigenvalue weighted by Gasteiger charge is 2.30. The molecule has 5 atom stereocenters. The summed E-state index contributed by atoms with van der Waals surface area (Å²) in [5, 5.41) is 10.6. The molecule has 2 unspecified atom stereocenters. The molecule has 0 saturated carbocycles. The quantitative estimate of drug-likeness (QED) is 0.0222. The molecule has 0 aliphatic heterocycles. The number of hydrogen-bond donors (Lipinski definition) is 3. The molecule has 552 valence electrons. The van der Waals surface area contributed by atoms with Crippen LogP contribution in [0.15, 0.2) is 0 Å². The number of aliphatic hydroxyl groups excluding tert-OH is 1. The van der Waals surface area contributed by atoms with Gasteiger partial charge in [0.05, 0.1) is 26.4 Å². The lowest BCUT2D eigenvalue weighted by molar-refractivity contribution is -0.161. The van der Waals surface area contributed by atoms with Crippen LogP contribution in [-0.2, 0) is 65.4 Å². The van der Waals surface area contributed by atoms with Gasteiger partial charge in [0.15, 0.2) is 12.2 Å². The lowest BCUT2D eigenvalue weighted by Crippen LogP contribution is -2.30. The van der Waals surface area contributed by atoms with E-state index in [1.807, 2.05) is 0 Å². The zero-order chi connectivity index (χ0) is 68.4. The number of carbonyl (C=O) groups excluding carboxylic acids is 4. The van der Waals surface area contributed by atoms with Crippen molar-refractivity contribution in [2.45, 2.75) is 406 Å². The van der Waals surface area contributed by atoms with Crippen LogP contribution in [0, 0.1) is 5.92 Å². The minimum Gasteiger partial charge on any atom is -0.462 e. The number of ether oxygens (including phenoxy) is 4. The predicted octanol–water partition coefficient (Wildman–Crippen LogP) is 21.7. The Kier molecular flexibility index (Phi) is 65.9. The standard InChI is InChI=1S/C74H144O17P2/c1-6-9-12-15-18-21-24-27-30-33-35-38-41-47-52-57-71(76)84-63-69(90-73(78)60-55-50-43-40-37-34-31-28-25-22-19-16-13-10-7-2)65-88-92(80,81)86-61-68(75)62-87-93(82,83)89-66-70(64-85-72(77)58-53-48-45-44-46-51-56-67(4)5)91-74(79)59-54-49-42-39-36-32-29-26-23-20-17-14-11-8-3/h67-70,75H,6-66H2,1-5H3,(H,80,81)(H,82,83)/t68-,69-,70-/m1/s1. The number of hydrogen-bond acceptors (Lipinski definition) is 15. The third-order valence-corrected chi connectivity index (χ3v) is 19.2. The zero-order valence-electron chi connectivity index (χ0n) is 60.4. The highest BCUT2D eigenvalue weighted by atomic mass is 31.2. The molecule has 0 bridgehead atoms. The molecule has 0 aromatic heterocycles. The van der Waals surface area contributed by atoms with E-state index in [4.69, 9.17) is 37.0 Å². The molecule has 0 aliphatic rings. The van der Waals surface area contributed by atoms with Crippen LogP contribution >= 0.6 is 15.6 Å². The molecular formula is C74H144O17P2. The van der Waals surface area contributed by atoms with Crippen molar-refractivity contribution < 1.29 is 80.2 Å². The molecule has 17 nitrogen and oxygen atoms in total. The lowest BCUT2D eigenvalue weighted by atomic mass is 10.0. The van der Waals surface area contributed by atoms with Gasteiger partial charge in [0.2, 0.25) is 0 Å². The van der Waals surface area contributed by atoms with Crippen molar-refractivity contribution in [3.05, 3.63) is 0 Å². The van der Waals surface area contributed by atoms with Crippen molar-refractivity contribution in [1.29, 1.82) is 0 Å². The van der Waals surface area contributed by atoms with E-state index in [1.54, 1.807) is 0 Å². The van der Waals surface area contributed by atoms with Gasteiger partial charge in [-0.3, -0.25) is 37.3 Å². The van der Waals surface area contributed by atoms with Crippen molar-refractivity contribution in [3.63, 3.8) is 0 Å². The summed E-state index contributed by atoms with van der Waals surface area (Å²) in [6.07, 6.45) is 55.5. The first-order valence-corrected chi connectivity index (χ1v) is 41.6. The Bertz CT molecular complexity index is 1790. The maximum atomic E-state index is 13.1. The van der Waals surface area contributed by atoms with Gasteiger partial charge in [-0.05, 0) is 31.6 Å². The van der Waals surface area contributed by atoms with E-state index >= 15 is 0 Å². The number of aliphatic hydroxyl groups is 1. The molecule has 3 N–H and O–H groups in total. The summed E-state index contributed by atoms with van der Waals surface area (Å²) in [7, 11) is -9.91. The number of esters is 4. The molecule has 0 aromatic carbocycles. The number of carbonyl (C=O) groups is 4. The molecule has 0 radical (unpaired) electrons. The van der Waals surface area contributed by atoms with Gasteiger partial charge in [-0.1, -0.05) is 336 Å². The summed E-state index contributed by atoms with van der Waals surface area (Å²) in [6.45, 7) is 7.21. The van der Waals surface area contributed by atoms with E-state index in [0.29, 0.717) is 31.6 Å². The average molecular weight is 1370 g/mol. The summed E-state index contributed by atoms with van der Waals surface area (Å²) in [6, 6.07) is 0. The maximum absolute atomic E-state index is 13.1.